The quantitative estimate of drug-likeness (QED) is 0.852. The van der Waals surface area contributed by atoms with Crippen molar-refractivity contribution >= 4 is 15.7 Å². The molecule has 4 nitrogen and oxygen atoms in total. The number of halogens is 1. The second-order valence-corrected chi connectivity index (χ2v) is 6.72. The van der Waals surface area contributed by atoms with Crippen molar-refractivity contribution in [3.8, 4) is 0 Å². The van der Waals surface area contributed by atoms with Crippen LogP contribution in [0.4, 0.5) is 10.1 Å². The van der Waals surface area contributed by atoms with Gasteiger partial charge >= 0.3 is 0 Å². The summed E-state index contributed by atoms with van der Waals surface area (Å²) >= 11 is 0. The van der Waals surface area contributed by atoms with Crippen LogP contribution in [0.25, 0.3) is 0 Å². The average molecular weight is 308 g/mol. The van der Waals surface area contributed by atoms with Gasteiger partial charge in [0.1, 0.15) is 5.82 Å². The number of sulfonamides is 1. The van der Waals surface area contributed by atoms with Gasteiger partial charge in [-0.2, -0.15) is 0 Å². The fourth-order valence-corrected chi connectivity index (χ4v) is 3.02. The Kier molecular flexibility index (Phi) is 4.29. The third-order valence-electron chi connectivity index (χ3n) is 3.15. The summed E-state index contributed by atoms with van der Waals surface area (Å²) in [5.41, 5.74) is 7.44. The first kappa shape index (κ1) is 15.5. The molecule has 6 heteroatoms. The summed E-state index contributed by atoms with van der Waals surface area (Å²) in [5.74, 6) is -0.590. The number of rotatable bonds is 4. The Balaban J connectivity index is 2.20. The number of anilines is 1. The normalized spacial score (nSPS) is 11.6. The van der Waals surface area contributed by atoms with Gasteiger partial charge in [0.2, 0.25) is 10.0 Å². The Labute approximate surface area is 123 Å². The van der Waals surface area contributed by atoms with Crippen LogP contribution in [0.3, 0.4) is 0 Å². The van der Waals surface area contributed by atoms with Gasteiger partial charge in [0.15, 0.2) is 0 Å². The van der Waals surface area contributed by atoms with Crippen LogP contribution in [0.5, 0.6) is 0 Å². The molecule has 0 unspecified atom stereocenters. The zero-order valence-electron chi connectivity index (χ0n) is 11.9. The molecule has 112 valence electrons. The van der Waals surface area contributed by atoms with Gasteiger partial charge in [-0.05, 0) is 37.1 Å². The first-order valence-electron chi connectivity index (χ1n) is 6.40. The Bertz CT molecular complexity index is 733. The third kappa shape index (κ3) is 3.59. The van der Waals surface area contributed by atoms with Crippen LogP contribution in [0.1, 0.15) is 16.7 Å². The van der Waals surface area contributed by atoms with E-state index < -0.39 is 15.8 Å². The first-order chi connectivity index (χ1) is 9.79. The lowest BCUT2D eigenvalue weighted by Gasteiger charge is -2.09. The Morgan fingerprint density at radius 2 is 1.76 bits per heavy atom. The van der Waals surface area contributed by atoms with E-state index in [-0.39, 0.29) is 22.7 Å². The van der Waals surface area contributed by atoms with E-state index in [9.17, 15) is 12.8 Å². The van der Waals surface area contributed by atoms with E-state index in [2.05, 4.69) is 4.72 Å². The smallest absolute Gasteiger partial charge is 0.240 e. The largest absolute Gasteiger partial charge is 0.396 e. The van der Waals surface area contributed by atoms with Crippen molar-refractivity contribution in [2.75, 3.05) is 5.73 Å². The number of hydrogen-bond acceptors (Lipinski definition) is 3. The SMILES string of the molecule is Cc1ccc(CNS(=O)(=O)c2cc(C)c(F)c(N)c2)cc1. The zero-order valence-corrected chi connectivity index (χ0v) is 12.7. The van der Waals surface area contributed by atoms with Gasteiger partial charge in [-0.25, -0.2) is 17.5 Å². The third-order valence-corrected chi connectivity index (χ3v) is 4.53. The molecule has 0 saturated heterocycles. The van der Waals surface area contributed by atoms with Crippen LogP contribution in [0.15, 0.2) is 41.3 Å². The molecular formula is C15H17FN2O2S. The molecule has 0 fully saturated rings. The van der Waals surface area contributed by atoms with Gasteiger partial charge < -0.3 is 5.73 Å². The fraction of sp³-hybridized carbons (Fsp3) is 0.200. The maximum absolute atomic E-state index is 13.4. The van der Waals surface area contributed by atoms with Crippen LogP contribution in [0.2, 0.25) is 0 Å². The van der Waals surface area contributed by atoms with Crippen molar-refractivity contribution in [3.63, 3.8) is 0 Å². The van der Waals surface area contributed by atoms with Crippen LogP contribution in [-0.4, -0.2) is 8.42 Å². The van der Waals surface area contributed by atoms with Crippen LogP contribution < -0.4 is 10.5 Å². The molecule has 2 rings (SSSR count). The maximum Gasteiger partial charge on any atom is 0.240 e. The summed E-state index contributed by atoms with van der Waals surface area (Å²) in [5, 5.41) is 0. The number of aryl methyl sites for hydroxylation is 2. The van der Waals surface area contributed by atoms with Gasteiger partial charge in [-0.3, -0.25) is 0 Å². The molecule has 0 heterocycles. The lowest BCUT2D eigenvalue weighted by Crippen LogP contribution is -2.23. The standard InChI is InChI=1S/C15H17FN2O2S/c1-10-3-5-12(6-4-10)9-18-21(19,20)13-7-11(2)15(16)14(17)8-13/h3-8,18H,9,17H2,1-2H3. The number of nitrogens with one attached hydrogen (secondary N) is 1. The van der Waals surface area contributed by atoms with Crippen molar-refractivity contribution < 1.29 is 12.8 Å². The summed E-state index contributed by atoms with van der Waals surface area (Å²) < 4.78 is 40.3. The zero-order chi connectivity index (χ0) is 15.6. The van der Waals surface area contributed by atoms with Crippen molar-refractivity contribution in [3.05, 3.63) is 58.9 Å². The van der Waals surface area contributed by atoms with Crippen molar-refractivity contribution in [2.24, 2.45) is 0 Å². The van der Waals surface area contributed by atoms with Gasteiger partial charge in [0.25, 0.3) is 0 Å². The van der Waals surface area contributed by atoms with E-state index >= 15 is 0 Å². The van der Waals surface area contributed by atoms with Gasteiger partial charge in [0.05, 0.1) is 10.6 Å². The predicted octanol–water partition coefficient (Wildman–Crippen LogP) is 2.50. The summed E-state index contributed by atoms with van der Waals surface area (Å²) in [7, 11) is -3.73. The minimum absolute atomic E-state index is 0.0361. The molecule has 21 heavy (non-hydrogen) atoms. The van der Waals surface area contributed by atoms with Crippen molar-refractivity contribution in [2.45, 2.75) is 25.3 Å². The summed E-state index contributed by atoms with van der Waals surface area (Å²) in [4.78, 5) is -0.0361. The topological polar surface area (TPSA) is 72.2 Å². The molecule has 0 spiro atoms. The summed E-state index contributed by atoms with van der Waals surface area (Å²) in [6.07, 6.45) is 0. The minimum Gasteiger partial charge on any atom is -0.396 e. The van der Waals surface area contributed by atoms with Gasteiger partial charge in [0, 0.05) is 6.54 Å². The molecule has 0 aliphatic rings. The Morgan fingerprint density at radius 3 is 2.33 bits per heavy atom. The Hall–Kier alpha value is -1.92. The molecule has 0 aromatic heterocycles. The highest BCUT2D eigenvalue weighted by Crippen LogP contribution is 2.20. The summed E-state index contributed by atoms with van der Waals surface area (Å²) in [6.45, 7) is 3.60. The van der Waals surface area contributed by atoms with Crippen LogP contribution >= 0.6 is 0 Å². The van der Waals surface area contributed by atoms with E-state index in [0.29, 0.717) is 0 Å². The highest BCUT2D eigenvalue weighted by atomic mass is 32.2. The molecule has 0 amide bonds. The number of nitrogen functional groups attached to an aromatic ring is 1. The lowest BCUT2D eigenvalue weighted by molar-refractivity contribution is 0.580. The lowest BCUT2D eigenvalue weighted by atomic mass is 10.2. The molecule has 0 aliphatic carbocycles. The van der Waals surface area contributed by atoms with Gasteiger partial charge in [-0.1, -0.05) is 29.8 Å². The molecule has 3 N–H and O–H groups in total. The van der Waals surface area contributed by atoms with E-state index in [0.717, 1.165) is 17.2 Å². The summed E-state index contributed by atoms with van der Waals surface area (Å²) in [6, 6.07) is 9.90. The van der Waals surface area contributed by atoms with E-state index in [1.165, 1.54) is 13.0 Å². The molecule has 0 aliphatic heterocycles. The second kappa shape index (κ2) is 5.83. The highest BCUT2D eigenvalue weighted by molar-refractivity contribution is 7.89. The highest BCUT2D eigenvalue weighted by Gasteiger charge is 2.17. The monoisotopic (exact) mass is 308 g/mol. The molecular weight excluding hydrogens is 291 g/mol. The van der Waals surface area contributed by atoms with E-state index in [1.807, 2.05) is 31.2 Å². The Morgan fingerprint density at radius 1 is 1.14 bits per heavy atom. The van der Waals surface area contributed by atoms with Crippen LogP contribution in [-0.2, 0) is 16.6 Å². The number of hydrogen-bond donors (Lipinski definition) is 2. The molecule has 2 aromatic rings. The molecule has 0 saturated carbocycles. The fourth-order valence-electron chi connectivity index (χ4n) is 1.89. The van der Waals surface area contributed by atoms with Crippen molar-refractivity contribution in [1.29, 1.82) is 0 Å². The van der Waals surface area contributed by atoms with E-state index in [1.54, 1.807) is 0 Å². The van der Waals surface area contributed by atoms with E-state index in [4.69, 9.17) is 5.73 Å². The average Bonchev–Trinajstić information content (AvgIpc) is 2.43. The predicted molar refractivity (Wildman–Crippen MR) is 80.8 cm³/mol. The molecule has 0 radical (unpaired) electrons. The second-order valence-electron chi connectivity index (χ2n) is 4.95. The van der Waals surface area contributed by atoms with Gasteiger partial charge in [-0.15, -0.1) is 0 Å². The maximum atomic E-state index is 13.4. The number of benzene rings is 2. The number of nitrogens with two attached hydrogens (primary N) is 1. The van der Waals surface area contributed by atoms with Crippen molar-refractivity contribution in [1.82, 2.24) is 4.72 Å². The molecule has 2 aromatic carbocycles. The molecule has 0 atom stereocenters. The minimum atomic E-state index is -3.73. The molecule has 0 bridgehead atoms. The van der Waals surface area contributed by atoms with Crippen LogP contribution in [0, 0.1) is 19.7 Å². The first-order valence-corrected chi connectivity index (χ1v) is 7.89.